The number of carbonyl (C=O) groups excluding carboxylic acids is 2. The molecular weight excluding hydrogens is 384 g/mol. The van der Waals surface area contributed by atoms with Crippen molar-refractivity contribution in [2.45, 2.75) is 129 Å². The van der Waals surface area contributed by atoms with Crippen molar-refractivity contribution in [1.82, 2.24) is 0 Å². The first-order chi connectivity index (χ1) is 14.1. The second-order valence-corrected chi connectivity index (χ2v) is 10.2. The summed E-state index contributed by atoms with van der Waals surface area (Å²) in [5, 5.41) is 0. The van der Waals surface area contributed by atoms with E-state index in [2.05, 4.69) is 13.8 Å². The highest BCUT2D eigenvalue weighted by Crippen LogP contribution is 2.42. The third-order valence-corrected chi connectivity index (χ3v) is 6.31. The predicted molar refractivity (Wildman–Crippen MR) is 115 cm³/mol. The van der Waals surface area contributed by atoms with E-state index in [9.17, 15) is 9.59 Å². The molecule has 2 aliphatic rings. The lowest BCUT2D eigenvalue weighted by Crippen LogP contribution is -2.59. The van der Waals surface area contributed by atoms with Crippen LogP contribution in [0.25, 0.3) is 0 Å². The first kappa shape index (κ1) is 25.1. The monoisotopic (exact) mass is 426 g/mol. The van der Waals surface area contributed by atoms with E-state index in [1.165, 1.54) is 0 Å². The van der Waals surface area contributed by atoms with Gasteiger partial charge in [-0.2, -0.15) is 0 Å². The average molecular weight is 427 g/mol. The van der Waals surface area contributed by atoms with Gasteiger partial charge in [-0.15, -0.1) is 0 Å². The van der Waals surface area contributed by atoms with Crippen LogP contribution in [0.3, 0.4) is 0 Å². The Bertz CT molecular complexity index is 520. The van der Waals surface area contributed by atoms with E-state index in [1.807, 2.05) is 27.7 Å². The van der Waals surface area contributed by atoms with E-state index >= 15 is 0 Å². The van der Waals surface area contributed by atoms with Crippen LogP contribution < -0.4 is 0 Å². The average Bonchev–Trinajstić information content (AvgIpc) is 2.61. The Labute approximate surface area is 182 Å². The molecular formula is C24H42O6. The normalized spacial score (nSPS) is 26.5. The zero-order chi connectivity index (χ0) is 22.4. The van der Waals surface area contributed by atoms with Crippen molar-refractivity contribution < 1.29 is 28.8 Å². The van der Waals surface area contributed by atoms with Gasteiger partial charge in [0.25, 0.3) is 0 Å². The fourth-order valence-electron chi connectivity index (χ4n) is 4.37. The minimum Gasteiger partial charge on any atom is -0.459 e. The highest BCUT2D eigenvalue weighted by molar-refractivity contribution is 5.77. The second kappa shape index (κ2) is 10.9. The topological polar surface area (TPSA) is 71.1 Å². The van der Waals surface area contributed by atoms with Crippen LogP contribution in [-0.2, 0) is 28.8 Å². The zero-order valence-electron chi connectivity index (χ0n) is 19.8. The van der Waals surface area contributed by atoms with Crippen LogP contribution in [0.4, 0.5) is 0 Å². The molecule has 6 heteroatoms. The van der Waals surface area contributed by atoms with Gasteiger partial charge in [0, 0.05) is 0 Å². The van der Waals surface area contributed by atoms with Gasteiger partial charge in [0.15, 0.2) is 0 Å². The molecule has 0 amide bonds. The van der Waals surface area contributed by atoms with Gasteiger partial charge in [-0.25, -0.2) is 9.78 Å². The van der Waals surface area contributed by atoms with Gasteiger partial charge in [0.05, 0.1) is 11.8 Å². The standard InChI is InChI=1S/C24H42O6/c1-7-9-11-15-23(3,4)27-21(25)17-13-14-18(20-19(17)29-30-20)22(26)28-24(5,6)16-12-10-8-2/h17-20H,7-16H2,1-6H3. The quantitative estimate of drug-likeness (QED) is 0.233. The summed E-state index contributed by atoms with van der Waals surface area (Å²) in [6, 6.07) is 0. The maximum absolute atomic E-state index is 12.8. The molecule has 30 heavy (non-hydrogen) atoms. The lowest BCUT2D eigenvalue weighted by molar-refractivity contribution is -0.486. The summed E-state index contributed by atoms with van der Waals surface area (Å²) in [7, 11) is 0. The molecule has 0 N–H and O–H groups in total. The van der Waals surface area contributed by atoms with Crippen LogP contribution in [0.5, 0.6) is 0 Å². The third kappa shape index (κ3) is 6.94. The van der Waals surface area contributed by atoms with Gasteiger partial charge in [0.2, 0.25) is 0 Å². The molecule has 1 aliphatic carbocycles. The van der Waals surface area contributed by atoms with Crippen LogP contribution >= 0.6 is 0 Å². The molecule has 4 atom stereocenters. The smallest absolute Gasteiger partial charge is 0.312 e. The van der Waals surface area contributed by atoms with Crippen molar-refractivity contribution in [1.29, 1.82) is 0 Å². The maximum Gasteiger partial charge on any atom is 0.312 e. The predicted octanol–water partition coefficient (Wildman–Crippen LogP) is 5.52. The molecule has 0 aromatic carbocycles. The number of rotatable bonds is 12. The van der Waals surface area contributed by atoms with Crippen molar-refractivity contribution >= 4 is 11.9 Å². The molecule has 4 unspecified atom stereocenters. The molecule has 174 valence electrons. The summed E-state index contributed by atoms with van der Waals surface area (Å²) in [6.45, 7) is 12.1. The summed E-state index contributed by atoms with van der Waals surface area (Å²) in [4.78, 5) is 36.2. The Kier molecular flexibility index (Phi) is 9.16. The summed E-state index contributed by atoms with van der Waals surface area (Å²) in [6.07, 6.45) is 8.51. The molecule has 0 aromatic rings. The van der Waals surface area contributed by atoms with E-state index < -0.39 is 35.2 Å². The van der Waals surface area contributed by atoms with Gasteiger partial charge in [0.1, 0.15) is 23.4 Å². The summed E-state index contributed by atoms with van der Waals surface area (Å²) in [5.41, 5.74) is -0.991. The third-order valence-electron chi connectivity index (χ3n) is 6.31. The molecule has 2 fully saturated rings. The first-order valence-corrected chi connectivity index (χ1v) is 11.9. The largest absolute Gasteiger partial charge is 0.459 e. The van der Waals surface area contributed by atoms with E-state index in [0.29, 0.717) is 12.8 Å². The fourth-order valence-corrected chi connectivity index (χ4v) is 4.37. The molecule has 0 bridgehead atoms. The Balaban J connectivity index is 1.88. The van der Waals surface area contributed by atoms with Gasteiger partial charge < -0.3 is 9.47 Å². The number of carbonyl (C=O) groups is 2. The Morgan fingerprint density at radius 2 is 1.10 bits per heavy atom. The molecule has 2 rings (SSSR count). The first-order valence-electron chi connectivity index (χ1n) is 11.9. The molecule has 1 heterocycles. The van der Waals surface area contributed by atoms with Crippen LogP contribution in [-0.4, -0.2) is 35.3 Å². The highest BCUT2D eigenvalue weighted by atomic mass is 17.2. The van der Waals surface area contributed by atoms with Crippen LogP contribution in [0, 0.1) is 11.8 Å². The van der Waals surface area contributed by atoms with Crippen LogP contribution in [0.2, 0.25) is 0 Å². The molecule has 1 aliphatic heterocycles. The summed E-state index contributed by atoms with van der Waals surface area (Å²) in [5.74, 6) is -1.28. The Morgan fingerprint density at radius 1 is 0.733 bits per heavy atom. The van der Waals surface area contributed by atoms with Gasteiger partial charge in [-0.05, 0) is 66.2 Å². The van der Waals surface area contributed by atoms with E-state index in [4.69, 9.17) is 19.2 Å². The maximum atomic E-state index is 12.8. The van der Waals surface area contributed by atoms with Crippen molar-refractivity contribution in [2.24, 2.45) is 11.8 Å². The zero-order valence-corrected chi connectivity index (χ0v) is 19.8. The van der Waals surface area contributed by atoms with Gasteiger partial charge >= 0.3 is 11.9 Å². The lowest BCUT2D eigenvalue weighted by atomic mass is 9.76. The molecule has 1 saturated heterocycles. The van der Waals surface area contributed by atoms with Crippen molar-refractivity contribution in [3.8, 4) is 0 Å². The number of hydrogen-bond acceptors (Lipinski definition) is 6. The second-order valence-electron chi connectivity index (χ2n) is 10.2. The molecule has 1 saturated carbocycles. The van der Waals surface area contributed by atoms with E-state index in [0.717, 1.165) is 51.4 Å². The lowest BCUT2D eigenvalue weighted by Gasteiger charge is -2.46. The number of ether oxygens (including phenoxy) is 2. The molecule has 0 radical (unpaired) electrons. The summed E-state index contributed by atoms with van der Waals surface area (Å²) >= 11 is 0. The molecule has 0 aromatic heterocycles. The van der Waals surface area contributed by atoms with Crippen LogP contribution in [0.1, 0.15) is 106 Å². The minimum absolute atomic E-state index is 0.249. The molecule has 6 nitrogen and oxygen atoms in total. The number of fused-ring (bicyclic) bond motifs is 1. The highest BCUT2D eigenvalue weighted by Gasteiger charge is 2.55. The SMILES string of the molecule is CCCCCC(C)(C)OC(=O)C1CCC(C(=O)OC(C)(C)CCCCC)C2OOC12. The minimum atomic E-state index is -0.495. The summed E-state index contributed by atoms with van der Waals surface area (Å²) < 4.78 is 11.6. The van der Waals surface area contributed by atoms with E-state index in [1.54, 1.807) is 0 Å². The van der Waals surface area contributed by atoms with Gasteiger partial charge in [-0.1, -0.05) is 39.5 Å². The van der Waals surface area contributed by atoms with Crippen molar-refractivity contribution in [2.75, 3.05) is 0 Å². The fraction of sp³-hybridized carbons (Fsp3) is 0.917. The van der Waals surface area contributed by atoms with Crippen molar-refractivity contribution in [3.63, 3.8) is 0 Å². The Hall–Kier alpha value is -1.14. The molecule has 0 spiro atoms. The Morgan fingerprint density at radius 3 is 1.40 bits per heavy atom. The number of esters is 2. The van der Waals surface area contributed by atoms with Crippen LogP contribution in [0.15, 0.2) is 0 Å². The van der Waals surface area contributed by atoms with Gasteiger partial charge in [-0.3, -0.25) is 9.59 Å². The number of unbranched alkanes of at least 4 members (excludes halogenated alkanes) is 4. The van der Waals surface area contributed by atoms with E-state index in [-0.39, 0.29) is 11.9 Å². The van der Waals surface area contributed by atoms with Crippen molar-refractivity contribution in [3.05, 3.63) is 0 Å². The number of hydrogen-bond donors (Lipinski definition) is 0.